The third-order valence-corrected chi connectivity index (χ3v) is 7.82. The minimum absolute atomic E-state index is 0.0514. The molecule has 3 aromatic carbocycles. The highest BCUT2D eigenvalue weighted by Crippen LogP contribution is 2.48. The van der Waals surface area contributed by atoms with E-state index in [4.69, 9.17) is 33.2 Å². The molecule has 13 nitrogen and oxygen atoms in total. The smallest absolute Gasteiger partial charge is 0.339 e. The van der Waals surface area contributed by atoms with E-state index in [1.165, 1.54) is 6.92 Å². The molecule has 3 aliphatic heterocycles. The Morgan fingerprint density at radius 3 is 2.23 bits per heavy atom. The van der Waals surface area contributed by atoms with Gasteiger partial charge in [-0.2, -0.15) is 0 Å². The van der Waals surface area contributed by atoms with Gasteiger partial charge in [0.1, 0.15) is 12.4 Å². The topological polar surface area (TPSA) is 177 Å². The lowest BCUT2D eigenvalue weighted by Gasteiger charge is -2.42. The van der Waals surface area contributed by atoms with Crippen LogP contribution < -0.4 is 14.2 Å². The summed E-state index contributed by atoms with van der Waals surface area (Å²) in [4.78, 5) is 37.0. The number of hydrogen-bond acceptors (Lipinski definition) is 13. The first kappa shape index (κ1) is 29.6. The number of aliphatic hydroxyl groups excluding tert-OH is 3. The van der Waals surface area contributed by atoms with Gasteiger partial charge in [-0.3, -0.25) is 9.59 Å². The number of benzene rings is 3. The van der Waals surface area contributed by atoms with Gasteiger partial charge < -0.3 is 48.5 Å². The third kappa shape index (κ3) is 5.07. The molecule has 3 aromatic rings. The molecule has 232 valence electrons. The highest BCUT2D eigenvalue weighted by Gasteiger charge is 2.49. The molecular weight excluding hydrogens is 580 g/mol. The fourth-order valence-corrected chi connectivity index (χ4v) is 5.88. The third-order valence-electron chi connectivity index (χ3n) is 7.82. The second kappa shape index (κ2) is 11.6. The van der Waals surface area contributed by atoms with Crippen LogP contribution in [0.3, 0.4) is 0 Å². The Bertz CT molecular complexity index is 1660. The molecule has 0 bridgehead atoms. The normalized spacial score (nSPS) is 23.7. The van der Waals surface area contributed by atoms with Crippen LogP contribution in [0.25, 0.3) is 21.9 Å². The van der Waals surface area contributed by atoms with E-state index >= 15 is 0 Å². The van der Waals surface area contributed by atoms with Crippen LogP contribution in [0, 0.1) is 0 Å². The maximum absolute atomic E-state index is 13.3. The summed E-state index contributed by atoms with van der Waals surface area (Å²) >= 11 is 0. The zero-order valence-corrected chi connectivity index (χ0v) is 24.0. The van der Waals surface area contributed by atoms with Crippen molar-refractivity contribution in [2.45, 2.75) is 71.3 Å². The van der Waals surface area contributed by atoms with Gasteiger partial charge in [-0.05, 0) is 53.3 Å². The largest absolute Gasteiger partial charge is 0.461 e. The summed E-state index contributed by atoms with van der Waals surface area (Å²) in [5, 5.41) is 32.5. The van der Waals surface area contributed by atoms with Crippen LogP contribution in [-0.4, -0.2) is 70.7 Å². The summed E-state index contributed by atoms with van der Waals surface area (Å²) < 4.78 is 39.4. The van der Waals surface area contributed by atoms with Crippen LogP contribution in [0.1, 0.15) is 47.8 Å². The Balaban J connectivity index is 1.53. The van der Waals surface area contributed by atoms with E-state index < -0.39 is 61.8 Å². The quantitative estimate of drug-likeness (QED) is 0.262. The Labute approximate surface area is 250 Å². The monoisotopic (exact) mass is 610 g/mol. The Kier molecular flexibility index (Phi) is 7.80. The van der Waals surface area contributed by atoms with Gasteiger partial charge in [0.25, 0.3) is 0 Å². The van der Waals surface area contributed by atoms with Crippen molar-refractivity contribution in [1.82, 2.24) is 0 Å². The summed E-state index contributed by atoms with van der Waals surface area (Å²) in [7, 11) is 0. The molecule has 13 heteroatoms. The van der Waals surface area contributed by atoms with Crippen LogP contribution in [0.5, 0.6) is 17.2 Å². The number of carbonyl (C=O) groups excluding carboxylic acids is 3. The van der Waals surface area contributed by atoms with E-state index in [0.29, 0.717) is 50.1 Å². The maximum Gasteiger partial charge on any atom is 0.339 e. The van der Waals surface area contributed by atoms with Crippen LogP contribution in [-0.2, 0) is 48.4 Å². The molecule has 6 rings (SSSR count). The second-order valence-corrected chi connectivity index (χ2v) is 10.7. The lowest BCUT2D eigenvalue weighted by molar-refractivity contribution is -0.276. The van der Waals surface area contributed by atoms with Crippen molar-refractivity contribution < 1.29 is 62.9 Å². The lowest BCUT2D eigenvalue weighted by Crippen LogP contribution is -2.60. The first-order valence-corrected chi connectivity index (χ1v) is 13.9. The van der Waals surface area contributed by atoms with Crippen molar-refractivity contribution in [2.24, 2.45) is 0 Å². The van der Waals surface area contributed by atoms with Gasteiger partial charge in [-0.1, -0.05) is 6.07 Å². The maximum atomic E-state index is 13.3. The molecule has 1 saturated heterocycles. The van der Waals surface area contributed by atoms with Crippen molar-refractivity contribution in [1.29, 1.82) is 0 Å². The first-order chi connectivity index (χ1) is 21.1. The molecule has 3 N–H and O–H groups in total. The highest BCUT2D eigenvalue weighted by atomic mass is 16.7. The summed E-state index contributed by atoms with van der Waals surface area (Å²) in [6.07, 6.45) is -6.40. The number of rotatable bonds is 7. The fraction of sp³-hybridized carbons (Fsp3) is 0.387. The molecule has 1 fully saturated rings. The highest BCUT2D eigenvalue weighted by molar-refractivity contribution is 6.13. The Morgan fingerprint density at radius 1 is 0.886 bits per heavy atom. The SMILES string of the molecule is CC(=O)O[C@H]1[C@H](OC(C)=O)[C@@H](O)C(Oc2c3c(c(-c4ccc5c(c4)OCO5)c4cc(CO)c(CO)cc24)C(=O)OC3)O[C@@H]1C. The van der Waals surface area contributed by atoms with E-state index in [9.17, 15) is 29.7 Å². The van der Waals surface area contributed by atoms with Gasteiger partial charge in [0.05, 0.1) is 24.9 Å². The number of carbonyl (C=O) groups is 3. The zero-order valence-electron chi connectivity index (χ0n) is 24.0. The molecule has 0 amide bonds. The van der Waals surface area contributed by atoms with Crippen molar-refractivity contribution in [2.75, 3.05) is 6.79 Å². The number of esters is 3. The molecule has 0 aromatic heterocycles. The number of ether oxygens (including phenoxy) is 7. The summed E-state index contributed by atoms with van der Waals surface area (Å²) in [5.41, 5.74) is 2.45. The van der Waals surface area contributed by atoms with E-state index in [-0.39, 0.29) is 24.7 Å². The molecule has 0 radical (unpaired) electrons. The van der Waals surface area contributed by atoms with Crippen molar-refractivity contribution in [3.8, 4) is 28.4 Å². The van der Waals surface area contributed by atoms with E-state index in [2.05, 4.69) is 0 Å². The number of cyclic esters (lactones) is 1. The molecule has 0 spiro atoms. The van der Waals surface area contributed by atoms with Crippen molar-refractivity contribution in [3.05, 3.63) is 52.6 Å². The van der Waals surface area contributed by atoms with Gasteiger partial charge >= 0.3 is 17.9 Å². The molecular formula is C31H30O13. The number of aliphatic hydroxyl groups is 3. The molecule has 0 aliphatic carbocycles. The minimum atomic E-state index is -1.62. The molecule has 1 unspecified atom stereocenters. The summed E-state index contributed by atoms with van der Waals surface area (Å²) in [6.45, 7) is 2.98. The van der Waals surface area contributed by atoms with Crippen LogP contribution in [0.15, 0.2) is 30.3 Å². The number of fused-ring (bicyclic) bond motifs is 3. The lowest BCUT2D eigenvalue weighted by atomic mass is 9.87. The van der Waals surface area contributed by atoms with Gasteiger partial charge in [0.2, 0.25) is 13.1 Å². The van der Waals surface area contributed by atoms with Gasteiger partial charge in [0.15, 0.2) is 29.8 Å². The van der Waals surface area contributed by atoms with Crippen molar-refractivity contribution in [3.63, 3.8) is 0 Å². The van der Waals surface area contributed by atoms with Gasteiger partial charge in [-0.15, -0.1) is 0 Å². The average molecular weight is 611 g/mol. The summed E-state index contributed by atoms with van der Waals surface area (Å²) in [5.74, 6) is -0.860. The van der Waals surface area contributed by atoms with Crippen LogP contribution in [0.4, 0.5) is 0 Å². The van der Waals surface area contributed by atoms with Crippen LogP contribution in [0.2, 0.25) is 0 Å². The summed E-state index contributed by atoms with van der Waals surface area (Å²) in [6, 6.07) is 8.49. The molecule has 0 saturated carbocycles. The minimum Gasteiger partial charge on any atom is -0.461 e. The zero-order chi connectivity index (χ0) is 31.3. The molecule has 5 atom stereocenters. The van der Waals surface area contributed by atoms with E-state index in [1.807, 2.05) is 0 Å². The van der Waals surface area contributed by atoms with Gasteiger partial charge in [-0.25, -0.2) is 4.79 Å². The fourth-order valence-electron chi connectivity index (χ4n) is 5.88. The second-order valence-electron chi connectivity index (χ2n) is 10.7. The van der Waals surface area contributed by atoms with E-state index in [1.54, 1.807) is 37.3 Å². The molecule has 3 heterocycles. The van der Waals surface area contributed by atoms with Gasteiger partial charge in [0, 0.05) is 30.4 Å². The molecule has 3 aliphatic rings. The average Bonchev–Trinajstić information content (AvgIpc) is 3.62. The Morgan fingerprint density at radius 2 is 1.55 bits per heavy atom. The first-order valence-electron chi connectivity index (χ1n) is 13.9. The predicted octanol–water partition coefficient (Wildman–Crippen LogP) is 2.24. The molecule has 44 heavy (non-hydrogen) atoms. The van der Waals surface area contributed by atoms with E-state index in [0.717, 1.165) is 6.92 Å². The predicted molar refractivity (Wildman–Crippen MR) is 149 cm³/mol. The van der Waals surface area contributed by atoms with Crippen LogP contribution >= 0.6 is 0 Å². The Hall–Kier alpha value is -4.43. The van der Waals surface area contributed by atoms with Crippen molar-refractivity contribution >= 4 is 28.7 Å². The standard InChI is InChI=1S/C31H30O13/c1-13-27(42-14(2)34)29(43-15(3)35)26(36)31(41-13)44-28-20-7-18(10-33)17(9-32)6-19(20)24(25-21(28)11-38-30(25)37)16-4-5-22-23(8-16)40-12-39-22/h4-8,13,26-27,29,31-33,36H,9-12H2,1-3H3/t13-,26-,27-,29-,31?/m1/s1. The number of hydrogen-bond donors (Lipinski definition) is 3.